The quantitative estimate of drug-likeness (QED) is 0.884. The Morgan fingerprint density at radius 2 is 2.25 bits per heavy atom. The molecule has 1 aromatic rings. The first-order chi connectivity index (χ1) is 7.67. The number of hydrogen-bond donors (Lipinski definition) is 1. The fourth-order valence-corrected chi connectivity index (χ4v) is 1.39. The number of rotatable bonds is 4. The van der Waals surface area contributed by atoms with Gasteiger partial charge in [-0.05, 0) is 24.6 Å². The van der Waals surface area contributed by atoms with Gasteiger partial charge in [-0.1, -0.05) is 17.7 Å². The molecule has 1 rings (SSSR count). The SMILES string of the molecule is CCOC(=O)NCc1ccc(OC)cc1Cl. The Balaban J connectivity index is 2.57. The van der Waals surface area contributed by atoms with Crippen molar-refractivity contribution in [1.29, 1.82) is 0 Å². The lowest BCUT2D eigenvalue weighted by molar-refractivity contribution is 0.151. The molecule has 0 aliphatic carbocycles. The molecule has 1 amide bonds. The molecule has 0 aromatic heterocycles. The van der Waals surface area contributed by atoms with Gasteiger partial charge in [0.2, 0.25) is 0 Å². The Hall–Kier alpha value is -1.42. The minimum absolute atomic E-state index is 0.335. The monoisotopic (exact) mass is 243 g/mol. The Bertz CT molecular complexity index is 368. The maximum atomic E-state index is 11.0. The molecular weight excluding hydrogens is 230 g/mol. The van der Waals surface area contributed by atoms with E-state index < -0.39 is 6.09 Å². The van der Waals surface area contributed by atoms with Crippen LogP contribution >= 0.6 is 11.6 Å². The summed E-state index contributed by atoms with van der Waals surface area (Å²) in [6.45, 7) is 2.43. The van der Waals surface area contributed by atoms with Crippen molar-refractivity contribution in [2.75, 3.05) is 13.7 Å². The van der Waals surface area contributed by atoms with Crippen LogP contribution in [0.3, 0.4) is 0 Å². The van der Waals surface area contributed by atoms with Crippen LogP contribution in [0, 0.1) is 0 Å². The summed E-state index contributed by atoms with van der Waals surface area (Å²) in [5, 5.41) is 3.14. The lowest BCUT2D eigenvalue weighted by atomic mass is 10.2. The van der Waals surface area contributed by atoms with Crippen LogP contribution in [0.5, 0.6) is 5.75 Å². The van der Waals surface area contributed by atoms with Crippen LogP contribution in [0.25, 0.3) is 0 Å². The highest BCUT2D eigenvalue weighted by Gasteiger charge is 2.05. The van der Waals surface area contributed by atoms with Gasteiger partial charge in [0.05, 0.1) is 13.7 Å². The summed E-state index contributed by atoms with van der Waals surface area (Å²) in [6, 6.07) is 5.28. The van der Waals surface area contributed by atoms with Crippen molar-refractivity contribution in [3.63, 3.8) is 0 Å². The van der Waals surface area contributed by atoms with Crippen LogP contribution in [-0.2, 0) is 11.3 Å². The summed E-state index contributed by atoms with van der Waals surface area (Å²) in [5.74, 6) is 0.685. The Morgan fingerprint density at radius 1 is 1.50 bits per heavy atom. The summed E-state index contributed by atoms with van der Waals surface area (Å²) in [4.78, 5) is 11.0. The molecule has 0 aliphatic rings. The maximum Gasteiger partial charge on any atom is 0.407 e. The molecule has 0 saturated heterocycles. The molecule has 0 spiro atoms. The van der Waals surface area contributed by atoms with Crippen LogP contribution in [0.4, 0.5) is 4.79 Å². The molecule has 88 valence electrons. The molecular formula is C11H14ClNO3. The lowest BCUT2D eigenvalue weighted by Gasteiger charge is -2.08. The molecule has 0 aliphatic heterocycles. The van der Waals surface area contributed by atoms with Gasteiger partial charge in [-0.3, -0.25) is 0 Å². The van der Waals surface area contributed by atoms with Gasteiger partial charge in [0.15, 0.2) is 0 Å². The number of ether oxygens (including phenoxy) is 2. The zero-order chi connectivity index (χ0) is 12.0. The molecule has 1 N–H and O–H groups in total. The van der Waals surface area contributed by atoms with Gasteiger partial charge in [0.25, 0.3) is 0 Å². The maximum absolute atomic E-state index is 11.0. The van der Waals surface area contributed by atoms with Crippen LogP contribution < -0.4 is 10.1 Å². The molecule has 5 heteroatoms. The minimum Gasteiger partial charge on any atom is -0.497 e. The van der Waals surface area contributed by atoms with Gasteiger partial charge in [-0.2, -0.15) is 0 Å². The number of benzene rings is 1. The average Bonchev–Trinajstić information content (AvgIpc) is 2.27. The second-order valence-corrected chi connectivity index (χ2v) is 3.44. The number of carbonyl (C=O) groups excluding carboxylic acids is 1. The predicted octanol–water partition coefficient (Wildman–Crippen LogP) is 2.59. The first-order valence-electron chi connectivity index (χ1n) is 4.90. The molecule has 0 saturated carbocycles. The minimum atomic E-state index is -0.450. The van der Waals surface area contributed by atoms with Crippen LogP contribution in [0.2, 0.25) is 5.02 Å². The average molecular weight is 244 g/mol. The summed E-state index contributed by atoms with van der Waals surface area (Å²) in [6.07, 6.45) is -0.450. The van der Waals surface area contributed by atoms with Crippen molar-refractivity contribution < 1.29 is 14.3 Å². The summed E-state index contributed by atoms with van der Waals surface area (Å²) in [5.41, 5.74) is 0.815. The third-order valence-electron chi connectivity index (χ3n) is 1.96. The van der Waals surface area contributed by atoms with Crippen molar-refractivity contribution in [2.45, 2.75) is 13.5 Å². The third kappa shape index (κ3) is 3.62. The summed E-state index contributed by atoms with van der Waals surface area (Å²) >= 11 is 6.00. The number of methoxy groups -OCH3 is 1. The number of amides is 1. The van der Waals surface area contributed by atoms with Gasteiger partial charge in [-0.25, -0.2) is 4.79 Å². The van der Waals surface area contributed by atoms with E-state index in [1.807, 2.05) is 0 Å². The molecule has 0 unspecified atom stereocenters. The van der Waals surface area contributed by atoms with Crippen molar-refractivity contribution >= 4 is 17.7 Å². The largest absolute Gasteiger partial charge is 0.497 e. The molecule has 0 bridgehead atoms. The first kappa shape index (κ1) is 12.6. The number of alkyl carbamates (subject to hydrolysis) is 1. The molecule has 1 aromatic carbocycles. The van der Waals surface area contributed by atoms with E-state index >= 15 is 0 Å². The third-order valence-corrected chi connectivity index (χ3v) is 2.31. The first-order valence-corrected chi connectivity index (χ1v) is 5.28. The second-order valence-electron chi connectivity index (χ2n) is 3.03. The predicted molar refractivity (Wildman–Crippen MR) is 61.9 cm³/mol. The fourth-order valence-electron chi connectivity index (χ4n) is 1.15. The number of carbonyl (C=O) groups is 1. The van der Waals surface area contributed by atoms with Gasteiger partial charge in [0.1, 0.15) is 5.75 Å². The molecule has 0 atom stereocenters. The van der Waals surface area contributed by atoms with E-state index in [0.29, 0.717) is 23.9 Å². The van der Waals surface area contributed by atoms with Gasteiger partial charge in [0, 0.05) is 11.6 Å². The van der Waals surface area contributed by atoms with Gasteiger partial charge < -0.3 is 14.8 Å². The molecule has 0 radical (unpaired) electrons. The Labute approximate surface area is 99.5 Å². The van der Waals surface area contributed by atoms with E-state index in [-0.39, 0.29) is 0 Å². The molecule has 4 nitrogen and oxygen atoms in total. The van der Waals surface area contributed by atoms with Gasteiger partial charge >= 0.3 is 6.09 Å². The Morgan fingerprint density at radius 3 is 2.81 bits per heavy atom. The molecule has 16 heavy (non-hydrogen) atoms. The zero-order valence-electron chi connectivity index (χ0n) is 9.25. The highest BCUT2D eigenvalue weighted by Crippen LogP contribution is 2.22. The highest BCUT2D eigenvalue weighted by molar-refractivity contribution is 6.31. The van der Waals surface area contributed by atoms with Crippen molar-refractivity contribution in [1.82, 2.24) is 5.32 Å². The van der Waals surface area contributed by atoms with Crippen LogP contribution in [-0.4, -0.2) is 19.8 Å². The van der Waals surface area contributed by atoms with Crippen LogP contribution in [0.15, 0.2) is 18.2 Å². The topological polar surface area (TPSA) is 47.6 Å². The number of nitrogens with one attached hydrogen (secondary N) is 1. The standard InChI is InChI=1S/C11H14ClNO3/c1-3-16-11(14)13-7-8-4-5-9(15-2)6-10(8)12/h4-6H,3,7H2,1-2H3,(H,13,14). The van der Waals surface area contributed by atoms with Crippen molar-refractivity contribution in [2.24, 2.45) is 0 Å². The molecule has 0 fully saturated rings. The number of halogens is 1. The van der Waals surface area contributed by atoms with E-state index in [9.17, 15) is 4.79 Å². The highest BCUT2D eigenvalue weighted by atomic mass is 35.5. The molecule has 0 heterocycles. The van der Waals surface area contributed by atoms with E-state index in [1.165, 1.54) is 0 Å². The number of hydrogen-bond acceptors (Lipinski definition) is 3. The van der Waals surface area contributed by atoms with E-state index in [1.54, 1.807) is 32.2 Å². The normalized spacial score (nSPS) is 9.69. The lowest BCUT2D eigenvalue weighted by Crippen LogP contribution is -2.23. The zero-order valence-corrected chi connectivity index (χ0v) is 10.0. The van der Waals surface area contributed by atoms with Crippen LogP contribution in [0.1, 0.15) is 12.5 Å². The van der Waals surface area contributed by atoms with E-state index in [2.05, 4.69) is 5.32 Å². The summed E-state index contributed by atoms with van der Waals surface area (Å²) in [7, 11) is 1.57. The summed E-state index contributed by atoms with van der Waals surface area (Å²) < 4.78 is 9.75. The second kappa shape index (κ2) is 6.23. The van der Waals surface area contributed by atoms with Crippen molar-refractivity contribution in [3.8, 4) is 5.75 Å². The van der Waals surface area contributed by atoms with E-state index in [0.717, 1.165) is 5.56 Å². The fraction of sp³-hybridized carbons (Fsp3) is 0.364. The Kier molecular flexibility index (Phi) is 4.92. The van der Waals surface area contributed by atoms with Gasteiger partial charge in [-0.15, -0.1) is 0 Å². The smallest absolute Gasteiger partial charge is 0.407 e. The van der Waals surface area contributed by atoms with E-state index in [4.69, 9.17) is 21.1 Å². The van der Waals surface area contributed by atoms with Crippen molar-refractivity contribution in [3.05, 3.63) is 28.8 Å².